The van der Waals surface area contributed by atoms with Gasteiger partial charge in [0, 0.05) is 12.0 Å². The third-order valence-corrected chi connectivity index (χ3v) is 2.11. The molecular formula is C11H13F3. The van der Waals surface area contributed by atoms with Crippen molar-refractivity contribution in [3.8, 4) is 0 Å². The maximum Gasteiger partial charge on any atom is 0.273 e. The fraction of sp³-hybridized carbons (Fsp3) is 0.455. The molecule has 14 heavy (non-hydrogen) atoms. The Hall–Kier alpha value is -0.990. The van der Waals surface area contributed by atoms with Crippen molar-refractivity contribution in [2.45, 2.75) is 32.1 Å². The Morgan fingerprint density at radius 3 is 2.21 bits per heavy atom. The maximum atomic E-state index is 13.4. The molecular weight excluding hydrogens is 189 g/mol. The maximum absolute atomic E-state index is 13.4. The van der Waals surface area contributed by atoms with Gasteiger partial charge in [-0.1, -0.05) is 25.5 Å². The molecule has 0 amide bonds. The van der Waals surface area contributed by atoms with Crippen molar-refractivity contribution < 1.29 is 13.2 Å². The van der Waals surface area contributed by atoms with Crippen LogP contribution in [0.4, 0.5) is 13.2 Å². The van der Waals surface area contributed by atoms with E-state index < -0.39 is 11.7 Å². The molecule has 0 fully saturated rings. The smallest absolute Gasteiger partial charge is 0.207 e. The molecule has 0 bridgehead atoms. The SMILES string of the molecule is CCCCC(F)(F)c1ccc(F)cc1. The standard InChI is InChI=1S/C11H13F3/c1-2-3-8-11(13,14)9-4-6-10(12)7-5-9/h4-7H,2-3,8H2,1H3. The van der Waals surface area contributed by atoms with Crippen molar-refractivity contribution in [1.82, 2.24) is 0 Å². The van der Waals surface area contributed by atoms with Gasteiger partial charge in [0.15, 0.2) is 0 Å². The average Bonchev–Trinajstić information content (AvgIpc) is 2.16. The van der Waals surface area contributed by atoms with Gasteiger partial charge in [-0.05, 0) is 18.6 Å². The lowest BCUT2D eigenvalue weighted by Gasteiger charge is -2.15. The number of alkyl halides is 2. The summed E-state index contributed by atoms with van der Waals surface area (Å²) in [5.74, 6) is -3.32. The molecule has 1 aromatic rings. The molecule has 0 aliphatic rings. The van der Waals surface area contributed by atoms with Gasteiger partial charge >= 0.3 is 0 Å². The molecule has 0 saturated heterocycles. The fourth-order valence-corrected chi connectivity index (χ4v) is 1.24. The Labute approximate surface area is 81.8 Å². The molecule has 1 rings (SSSR count). The number of rotatable bonds is 4. The van der Waals surface area contributed by atoms with Crippen molar-refractivity contribution in [2.24, 2.45) is 0 Å². The van der Waals surface area contributed by atoms with Gasteiger partial charge in [-0.3, -0.25) is 0 Å². The summed E-state index contributed by atoms with van der Waals surface area (Å²) in [6.07, 6.45) is 1.04. The van der Waals surface area contributed by atoms with Gasteiger partial charge in [0.1, 0.15) is 5.82 Å². The number of halogens is 3. The van der Waals surface area contributed by atoms with Crippen LogP contribution in [0.15, 0.2) is 24.3 Å². The van der Waals surface area contributed by atoms with Crippen molar-refractivity contribution >= 4 is 0 Å². The first-order valence-corrected chi connectivity index (χ1v) is 4.70. The van der Waals surface area contributed by atoms with Gasteiger partial charge in [-0.25, -0.2) is 13.2 Å². The van der Waals surface area contributed by atoms with Crippen molar-refractivity contribution in [2.75, 3.05) is 0 Å². The minimum absolute atomic E-state index is 0.104. The summed E-state index contributed by atoms with van der Waals surface area (Å²) in [6, 6.07) is 4.42. The van der Waals surface area contributed by atoms with Crippen LogP contribution in [0, 0.1) is 5.82 Å². The summed E-state index contributed by atoms with van der Waals surface area (Å²) in [6.45, 7) is 1.86. The molecule has 0 aromatic heterocycles. The third kappa shape index (κ3) is 2.76. The summed E-state index contributed by atoms with van der Waals surface area (Å²) < 4.78 is 39.2. The molecule has 3 heteroatoms. The highest BCUT2D eigenvalue weighted by Gasteiger charge is 2.30. The first kappa shape index (κ1) is 11.1. The molecule has 0 unspecified atom stereocenters. The fourth-order valence-electron chi connectivity index (χ4n) is 1.24. The normalized spacial score (nSPS) is 11.7. The summed E-state index contributed by atoms with van der Waals surface area (Å²) in [4.78, 5) is 0. The minimum Gasteiger partial charge on any atom is -0.207 e. The highest BCUT2D eigenvalue weighted by Crippen LogP contribution is 2.33. The summed E-state index contributed by atoms with van der Waals surface area (Å²) in [5.41, 5.74) is -0.104. The lowest BCUT2D eigenvalue weighted by molar-refractivity contribution is -0.0154. The van der Waals surface area contributed by atoms with E-state index in [1.165, 1.54) is 0 Å². The van der Waals surface area contributed by atoms with E-state index in [1.807, 2.05) is 6.92 Å². The number of hydrogen-bond donors (Lipinski definition) is 0. The van der Waals surface area contributed by atoms with E-state index >= 15 is 0 Å². The molecule has 0 spiro atoms. The van der Waals surface area contributed by atoms with Crippen molar-refractivity contribution in [1.29, 1.82) is 0 Å². The zero-order chi connectivity index (χ0) is 10.6. The van der Waals surface area contributed by atoms with Crippen LogP contribution in [0.1, 0.15) is 31.7 Å². The predicted octanol–water partition coefficient (Wildman–Crippen LogP) is 4.11. The van der Waals surface area contributed by atoms with E-state index in [2.05, 4.69) is 0 Å². The molecule has 0 saturated carbocycles. The van der Waals surface area contributed by atoms with Crippen molar-refractivity contribution in [3.63, 3.8) is 0 Å². The molecule has 78 valence electrons. The Morgan fingerprint density at radius 1 is 1.14 bits per heavy atom. The molecule has 0 N–H and O–H groups in total. The quantitative estimate of drug-likeness (QED) is 0.689. The monoisotopic (exact) mass is 202 g/mol. The second-order valence-electron chi connectivity index (χ2n) is 3.31. The van der Waals surface area contributed by atoms with E-state index in [1.54, 1.807) is 0 Å². The lowest BCUT2D eigenvalue weighted by Crippen LogP contribution is -2.12. The van der Waals surface area contributed by atoms with Crippen LogP contribution in [0.25, 0.3) is 0 Å². The molecule has 0 aliphatic heterocycles. The van der Waals surface area contributed by atoms with Gasteiger partial charge in [0.25, 0.3) is 5.92 Å². The second-order valence-corrected chi connectivity index (χ2v) is 3.31. The molecule has 0 atom stereocenters. The van der Waals surface area contributed by atoms with Gasteiger partial charge in [0.2, 0.25) is 0 Å². The molecule has 0 heterocycles. The van der Waals surface area contributed by atoms with E-state index in [0.29, 0.717) is 6.42 Å². The minimum atomic E-state index is -2.83. The number of hydrogen-bond acceptors (Lipinski definition) is 0. The number of benzene rings is 1. The highest BCUT2D eigenvalue weighted by molar-refractivity contribution is 5.20. The van der Waals surface area contributed by atoms with E-state index in [-0.39, 0.29) is 12.0 Å². The van der Waals surface area contributed by atoms with Crippen LogP contribution in [-0.4, -0.2) is 0 Å². The van der Waals surface area contributed by atoms with Crippen LogP contribution >= 0.6 is 0 Å². The zero-order valence-corrected chi connectivity index (χ0v) is 8.06. The molecule has 0 aliphatic carbocycles. The van der Waals surface area contributed by atoms with E-state index in [4.69, 9.17) is 0 Å². The Balaban J connectivity index is 2.75. The van der Waals surface area contributed by atoms with Crippen LogP contribution < -0.4 is 0 Å². The summed E-state index contributed by atoms with van der Waals surface area (Å²) in [7, 11) is 0. The zero-order valence-electron chi connectivity index (χ0n) is 8.06. The molecule has 0 nitrogen and oxygen atoms in total. The first-order chi connectivity index (χ1) is 6.56. The summed E-state index contributed by atoms with van der Waals surface area (Å²) >= 11 is 0. The largest absolute Gasteiger partial charge is 0.273 e. The number of unbranched alkanes of at least 4 members (excludes halogenated alkanes) is 1. The van der Waals surface area contributed by atoms with Gasteiger partial charge < -0.3 is 0 Å². The second kappa shape index (κ2) is 4.49. The molecule has 0 radical (unpaired) electrons. The third-order valence-electron chi connectivity index (χ3n) is 2.11. The average molecular weight is 202 g/mol. The van der Waals surface area contributed by atoms with E-state index in [9.17, 15) is 13.2 Å². The Morgan fingerprint density at radius 2 is 1.71 bits per heavy atom. The molecule has 1 aromatic carbocycles. The van der Waals surface area contributed by atoms with Crippen LogP contribution in [0.5, 0.6) is 0 Å². The topological polar surface area (TPSA) is 0 Å². The predicted molar refractivity (Wildman–Crippen MR) is 49.8 cm³/mol. The van der Waals surface area contributed by atoms with Crippen LogP contribution in [0.2, 0.25) is 0 Å². The summed E-state index contributed by atoms with van der Waals surface area (Å²) in [5, 5.41) is 0. The highest BCUT2D eigenvalue weighted by atomic mass is 19.3. The van der Waals surface area contributed by atoms with Crippen LogP contribution in [0.3, 0.4) is 0 Å². The van der Waals surface area contributed by atoms with Gasteiger partial charge in [-0.15, -0.1) is 0 Å². The lowest BCUT2D eigenvalue weighted by atomic mass is 10.0. The Kier molecular flexibility index (Phi) is 3.55. The Bertz CT molecular complexity index is 277. The van der Waals surface area contributed by atoms with E-state index in [0.717, 1.165) is 30.7 Å². The van der Waals surface area contributed by atoms with Crippen LogP contribution in [-0.2, 0) is 5.92 Å². The first-order valence-electron chi connectivity index (χ1n) is 4.70. The van der Waals surface area contributed by atoms with Gasteiger partial charge in [0.05, 0.1) is 0 Å². The van der Waals surface area contributed by atoms with Crippen molar-refractivity contribution in [3.05, 3.63) is 35.6 Å². The van der Waals surface area contributed by atoms with Gasteiger partial charge in [-0.2, -0.15) is 0 Å².